The molecule has 90 valence electrons. The fourth-order valence-corrected chi connectivity index (χ4v) is 1.82. The molecule has 1 N–H and O–H groups in total. The highest BCUT2D eigenvalue weighted by Gasteiger charge is 2.20. The molecule has 0 spiro atoms. The maximum absolute atomic E-state index is 5.45. The lowest BCUT2D eigenvalue weighted by Gasteiger charge is -2.22. The molecule has 6 nitrogen and oxygen atoms in total. The third kappa shape index (κ3) is 2.76. The van der Waals surface area contributed by atoms with E-state index in [0.717, 1.165) is 31.9 Å². The molecule has 1 unspecified atom stereocenters. The number of hydrogen-bond donors (Lipinski definition) is 1. The van der Waals surface area contributed by atoms with Gasteiger partial charge in [0, 0.05) is 12.6 Å². The maximum Gasteiger partial charge on any atom is 0.165 e. The molecule has 1 aliphatic rings. The van der Waals surface area contributed by atoms with E-state index >= 15 is 0 Å². The molecule has 6 heteroatoms. The van der Waals surface area contributed by atoms with Crippen molar-refractivity contribution < 1.29 is 4.74 Å². The number of tetrazole rings is 1. The van der Waals surface area contributed by atoms with E-state index in [0.29, 0.717) is 18.6 Å². The van der Waals surface area contributed by atoms with E-state index in [1.54, 1.807) is 0 Å². The maximum atomic E-state index is 5.45. The Balaban J connectivity index is 2.00. The van der Waals surface area contributed by atoms with Gasteiger partial charge in [-0.15, -0.1) is 5.10 Å². The second-order valence-electron chi connectivity index (χ2n) is 4.45. The van der Waals surface area contributed by atoms with Crippen LogP contribution in [0.1, 0.15) is 38.6 Å². The first kappa shape index (κ1) is 11.5. The van der Waals surface area contributed by atoms with Gasteiger partial charge in [-0.2, -0.15) is 0 Å². The summed E-state index contributed by atoms with van der Waals surface area (Å²) in [4.78, 5) is 0. The lowest BCUT2D eigenvalue weighted by atomic mass is 10.1. The molecule has 1 aromatic heterocycles. The second kappa shape index (κ2) is 5.36. The molecule has 2 heterocycles. The average Bonchev–Trinajstić information content (AvgIpc) is 2.75. The smallest absolute Gasteiger partial charge is 0.165 e. The molecule has 0 radical (unpaired) electrons. The van der Waals surface area contributed by atoms with Crippen LogP contribution in [0.5, 0.6) is 0 Å². The van der Waals surface area contributed by atoms with E-state index < -0.39 is 0 Å². The predicted octanol–water partition coefficient (Wildman–Crippen LogP) is 0.523. The molecule has 0 amide bonds. The summed E-state index contributed by atoms with van der Waals surface area (Å²) >= 11 is 0. The molecule has 0 bridgehead atoms. The minimum Gasteiger partial charge on any atom is -0.379 e. The number of aromatic nitrogens is 4. The van der Waals surface area contributed by atoms with Crippen molar-refractivity contribution in [3.05, 3.63) is 5.82 Å². The Morgan fingerprint density at radius 1 is 1.56 bits per heavy atom. The molecule has 1 atom stereocenters. The van der Waals surface area contributed by atoms with Crippen LogP contribution >= 0.6 is 0 Å². The van der Waals surface area contributed by atoms with Gasteiger partial charge in [-0.25, -0.2) is 4.68 Å². The molecule has 1 saturated heterocycles. The molecule has 1 aromatic rings. The van der Waals surface area contributed by atoms with Crippen molar-refractivity contribution in [2.24, 2.45) is 0 Å². The van der Waals surface area contributed by atoms with Gasteiger partial charge < -0.3 is 10.1 Å². The summed E-state index contributed by atoms with van der Waals surface area (Å²) in [5.41, 5.74) is 0. The van der Waals surface area contributed by atoms with Crippen LogP contribution < -0.4 is 5.32 Å². The number of nitrogens with zero attached hydrogens (tertiary/aromatic N) is 4. The first-order valence-corrected chi connectivity index (χ1v) is 5.85. The van der Waals surface area contributed by atoms with Crippen LogP contribution in [0.15, 0.2) is 0 Å². The Morgan fingerprint density at radius 2 is 2.44 bits per heavy atom. The molecule has 0 saturated carbocycles. The van der Waals surface area contributed by atoms with E-state index in [2.05, 4.69) is 34.7 Å². The molecule has 2 rings (SSSR count). The normalized spacial score (nSPS) is 21.6. The Kier molecular flexibility index (Phi) is 3.84. The van der Waals surface area contributed by atoms with E-state index in [9.17, 15) is 0 Å². The summed E-state index contributed by atoms with van der Waals surface area (Å²) in [5.74, 6) is 0.893. The van der Waals surface area contributed by atoms with Gasteiger partial charge in [0.1, 0.15) is 0 Å². The highest BCUT2D eigenvalue weighted by atomic mass is 16.5. The standard InChI is InChI=1S/C10H19N5O/c1-8(2)11-6-10-12-13-14-15(10)9-4-3-5-16-7-9/h8-9,11H,3-7H2,1-2H3. The summed E-state index contributed by atoms with van der Waals surface area (Å²) in [6.45, 7) is 6.51. The molecular formula is C10H19N5O. The van der Waals surface area contributed by atoms with Crippen LogP contribution in [0.3, 0.4) is 0 Å². The minimum atomic E-state index is 0.299. The topological polar surface area (TPSA) is 64.9 Å². The van der Waals surface area contributed by atoms with E-state index in [1.807, 2.05) is 4.68 Å². The first-order valence-electron chi connectivity index (χ1n) is 5.85. The van der Waals surface area contributed by atoms with Crippen LogP contribution in [0.2, 0.25) is 0 Å². The Morgan fingerprint density at radius 3 is 3.12 bits per heavy atom. The largest absolute Gasteiger partial charge is 0.379 e. The highest BCUT2D eigenvalue weighted by Crippen LogP contribution is 2.18. The molecule has 1 aliphatic heterocycles. The summed E-state index contributed by atoms with van der Waals surface area (Å²) < 4.78 is 7.35. The summed E-state index contributed by atoms with van der Waals surface area (Å²) in [7, 11) is 0. The van der Waals surface area contributed by atoms with Crippen LogP contribution in [-0.4, -0.2) is 39.5 Å². The van der Waals surface area contributed by atoms with E-state index in [1.165, 1.54) is 0 Å². The Labute approximate surface area is 95.4 Å². The number of rotatable bonds is 4. The predicted molar refractivity (Wildman–Crippen MR) is 58.9 cm³/mol. The fraction of sp³-hybridized carbons (Fsp3) is 0.900. The van der Waals surface area contributed by atoms with Gasteiger partial charge in [-0.05, 0) is 23.3 Å². The Hall–Kier alpha value is -1.01. The summed E-state index contributed by atoms with van der Waals surface area (Å²) in [6, 6.07) is 0.737. The van der Waals surface area contributed by atoms with Crippen LogP contribution in [0.25, 0.3) is 0 Å². The van der Waals surface area contributed by atoms with Gasteiger partial charge in [-0.3, -0.25) is 0 Å². The third-order valence-corrected chi connectivity index (χ3v) is 2.71. The van der Waals surface area contributed by atoms with Crippen molar-refractivity contribution in [3.8, 4) is 0 Å². The number of ether oxygens (including phenoxy) is 1. The van der Waals surface area contributed by atoms with Gasteiger partial charge >= 0.3 is 0 Å². The van der Waals surface area contributed by atoms with Crippen molar-refractivity contribution in [1.29, 1.82) is 0 Å². The molecule has 0 aliphatic carbocycles. The SMILES string of the molecule is CC(C)NCc1nnnn1C1CCCOC1. The molecular weight excluding hydrogens is 206 g/mol. The lowest BCUT2D eigenvalue weighted by molar-refractivity contribution is 0.0530. The van der Waals surface area contributed by atoms with Crippen molar-refractivity contribution >= 4 is 0 Å². The summed E-state index contributed by atoms with van der Waals surface area (Å²) in [5, 5.41) is 15.2. The van der Waals surface area contributed by atoms with Gasteiger partial charge in [0.05, 0.1) is 19.2 Å². The van der Waals surface area contributed by atoms with Crippen molar-refractivity contribution in [2.45, 2.75) is 45.3 Å². The average molecular weight is 225 g/mol. The van der Waals surface area contributed by atoms with Crippen molar-refractivity contribution in [3.63, 3.8) is 0 Å². The minimum absolute atomic E-state index is 0.299. The van der Waals surface area contributed by atoms with Crippen molar-refractivity contribution in [1.82, 2.24) is 25.5 Å². The monoisotopic (exact) mass is 225 g/mol. The fourth-order valence-electron chi connectivity index (χ4n) is 1.82. The van der Waals surface area contributed by atoms with Gasteiger partial charge in [0.25, 0.3) is 0 Å². The highest BCUT2D eigenvalue weighted by molar-refractivity contribution is 4.85. The van der Waals surface area contributed by atoms with E-state index in [-0.39, 0.29) is 0 Å². The third-order valence-electron chi connectivity index (χ3n) is 2.71. The Bertz CT molecular complexity index is 319. The van der Waals surface area contributed by atoms with E-state index in [4.69, 9.17) is 4.74 Å². The van der Waals surface area contributed by atoms with Crippen molar-refractivity contribution in [2.75, 3.05) is 13.2 Å². The number of hydrogen-bond acceptors (Lipinski definition) is 5. The van der Waals surface area contributed by atoms with Crippen LogP contribution in [0, 0.1) is 0 Å². The zero-order chi connectivity index (χ0) is 11.4. The molecule has 16 heavy (non-hydrogen) atoms. The quantitative estimate of drug-likeness (QED) is 0.809. The lowest BCUT2D eigenvalue weighted by Crippen LogP contribution is -2.28. The zero-order valence-electron chi connectivity index (χ0n) is 9.89. The van der Waals surface area contributed by atoms with Gasteiger partial charge in [-0.1, -0.05) is 13.8 Å². The zero-order valence-corrected chi connectivity index (χ0v) is 9.89. The summed E-state index contributed by atoms with van der Waals surface area (Å²) in [6.07, 6.45) is 2.18. The van der Waals surface area contributed by atoms with Gasteiger partial charge in [0.15, 0.2) is 5.82 Å². The second-order valence-corrected chi connectivity index (χ2v) is 4.45. The van der Waals surface area contributed by atoms with Crippen LogP contribution in [0.4, 0.5) is 0 Å². The van der Waals surface area contributed by atoms with Crippen LogP contribution in [-0.2, 0) is 11.3 Å². The molecule has 1 fully saturated rings. The first-order chi connectivity index (χ1) is 7.77. The number of nitrogens with one attached hydrogen (secondary N) is 1. The molecule has 0 aromatic carbocycles. The van der Waals surface area contributed by atoms with Gasteiger partial charge in [0.2, 0.25) is 0 Å².